The Morgan fingerprint density at radius 2 is 2.24 bits per heavy atom. The van der Waals surface area contributed by atoms with Crippen LogP contribution in [0.1, 0.15) is 12.8 Å². The highest BCUT2D eigenvalue weighted by molar-refractivity contribution is 9.10. The predicted octanol–water partition coefficient (Wildman–Crippen LogP) is 2.93. The van der Waals surface area contributed by atoms with Crippen molar-refractivity contribution in [1.82, 2.24) is 5.32 Å². The Hall–Kier alpha value is -0.810. The largest absolute Gasteiger partial charge is 0.374 e. The molecule has 1 aliphatic carbocycles. The average molecular weight is 322 g/mol. The molecular weight excluding hydrogens is 310 g/mol. The number of nitrogens with one attached hydrogen (secondary N) is 2. The highest BCUT2D eigenvalue weighted by Crippen LogP contribution is 2.31. The Labute approximate surface area is 112 Å². The van der Waals surface area contributed by atoms with E-state index in [2.05, 4.69) is 26.6 Å². The minimum Gasteiger partial charge on any atom is -0.374 e. The van der Waals surface area contributed by atoms with Crippen LogP contribution >= 0.6 is 27.5 Å². The molecular formula is C11H11BrClFN2O. The number of halogens is 3. The molecule has 0 atom stereocenters. The Morgan fingerprint density at radius 3 is 2.82 bits per heavy atom. The van der Waals surface area contributed by atoms with Gasteiger partial charge in [0.05, 0.1) is 17.3 Å². The maximum absolute atomic E-state index is 13.0. The van der Waals surface area contributed by atoms with Crippen LogP contribution in [0.15, 0.2) is 16.6 Å². The van der Waals surface area contributed by atoms with Crippen molar-refractivity contribution in [3.05, 3.63) is 27.4 Å². The number of anilines is 1. The van der Waals surface area contributed by atoms with E-state index in [1.165, 1.54) is 12.1 Å². The van der Waals surface area contributed by atoms with Crippen LogP contribution in [0.3, 0.4) is 0 Å². The van der Waals surface area contributed by atoms with Gasteiger partial charge >= 0.3 is 0 Å². The molecule has 0 heterocycles. The molecule has 0 spiro atoms. The number of amides is 1. The van der Waals surface area contributed by atoms with Crippen molar-refractivity contribution in [3.63, 3.8) is 0 Å². The van der Waals surface area contributed by atoms with E-state index in [9.17, 15) is 9.18 Å². The van der Waals surface area contributed by atoms with Gasteiger partial charge in [-0.15, -0.1) is 0 Å². The summed E-state index contributed by atoms with van der Waals surface area (Å²) in [5.74, 6) is -0.505. The van der Waals surface area contributed by atoms with Crippen LogP contribution in [0, 0.1) is 5.82 Å². The minimum absolute atomic E-state index is 0.0835. The van der Waals surface area contributed by atoms with Gasteiger partial charge in [-0.05, 0) is 40.9 Å². The summed E-state index contributed by atoms with van der Waals surface area (Å²) in [6, 6.07) is 2.83. The van der Waals surface area contributed by atoms with Gasteiger partial charge in [-0.3, -0.25) is 4.79 Å². The van der Waals surface area contributed by atoms with Crippen LogP contribution < -0.4 is 10.6 Å². The number of hydrogen-bond donors (Lipinski definition) is 2. The van der Waals surface area contributed by atoms with Gasteiger partial charge in [-0.25, -0.2) is 4.39 Å². The summed E-state index contributed by atoms with van der Waals surface area (Å²) in [6.07, 6.45) is 2.10. The quantitative estimate of drug-likeness (QED) is 0.895. The Kier molecular flexibility index (Phi) is 3.89. The van der Waals surface area contributed by atoms with Gasteiger partial charge in [0.2, 0.25) is 5.91 Å². The zero-order chi connectivity index (χ0) is 12.4. The van der Waals surface area contributed by atoms with Gasteiger partial charge in [-0.1, -0.05) is 11.6 Å². The third kappa shape index (κ3) is 3.57. The summed E-state index contributed by atoms with van der Waals surface area (Å²) in [5, 5.41) is 5.97. The van der Waals surface area contributed by atoms with Crippen molar-refractivity contribution >= 4 is 39.1 Å². The Balaban J connectivity index is 1.95. The number of benzene rings is 1. The van der Waals surface area contributed by atoms with Gasteiger partial charge < -0.3 is 10.6 Å². The number of hydrogen-bond acceptors (Lipinski definition) is 2. The van der Waals surface area contributed by atoms with Crippen LogP contribution in [0.4, 0.5) is 10.1 Å². The third-order valence-electron chi connectivity index (χ3n) is 2.38. The van der Waals surface area contributed by atoms with Crippen molar-refractivity contribution in [3.8, 4) is 0 Å². The van der Waals surface area contributed by atoms with Crippen molar-refractivity contribution in [2.45, 2.75) is 18.9 Å². The van der Waals surface area contributed by atoms with Gasteiger partial charge in [0.1, 0.15) is 5.82 Å². The first kappa shape index (κ1) is 12.6. The van der Waals surface area contributed by atoms with E-state index in [0.717, 1.165) is 12.8 Å². The van der Waals surface area contributed by atoms with Crippen LogP contribution in [0.25, 0.3) is 0 Å². The lowest BCUT2D eigenvalue weighted by molar-refractivity contribution is -0.119. The van der Waals surface area contributed by atoms with Crippen molar-refractivity contribution in [2.75, 3.05) is 11.9 Å². The van der Waals surface area contributed by atoms with E-state index in [1.807, 2.05) is 0 Å². The van der Waals surface area contributed by atoms with Crippen LogP contribution in [-0.4, -0.2) is 18.5 Å². The number of rotatable bonds is 4. The predicted molar refractivity (Wildman–Crippen MR) is 68.8 cm³/mol. The molecule has 1 fully saturated rings. The molecule has 2 N–H and O–H groups in total. The van der Waals surface area contributed by atoms with Crippen molar-refractivity contribution in [2.24, 2.45) is 0 Å². The minimum atomic E-state index is -0.421. The Bertz CT molecular complexity index is 428. The summed E-state index contributed by atoms with van der Waals surface area (Å²) < 4.78 is 13.5. The first-order valence-corrected chi connectivity index (χ1v) is 6.41. The summed E-state index contributed by atoms with van der Waals surface area (Å²) in [7, 11) is 0. The molecule has 1 saturated carbocycles. The smallest absolute Gasteiger partial charge is 0.239 e. The second kappa shape index (κ2) is 5.23. The lowest BCUT2D eigenvalue weighted by Crippen LogP contribution is -2.31. The molecule has 0 radical (unpaired) electrons. The standard InChI is InChI=1S/C11H11BrClFN2O/c12-8-3-6(14)4-9(13)11(8)15-5-10(17)16-7-1-2-7/h3-4,7,15H,1-2,5H2,(H,16,17). The number of carbonyl (C=O) groups excluding carboxylic acids is 1. The Morgan fingerprint density at radius 1 is 1.53 bits per heavy atom. The molecule has 1 aromatic carbocycles. The van der Waals surface area contributed by atoms with Gasteiger partial charge in [-0.2, -0.15) is 0 Å². The molecule has 0 aliphatic heterocycles. The average Bonchev–Trinajstić information content (AvgIpc) is 2.99. The summed E-state index contributed by atoms with van der Waals surface area (Å²) >= 11 is 9.06. The second-order valence-corrected chi connectivity index (χ2v) is 5.20. The molecule has 0 bridgehead atoms. The lowest BCUT2D eigenvalue weighted by atomic mass is 10.3. The molecule has 0 aromatic heterocycles. The van der Waals surface area contributed by atoms with E-state index in [0.29, 0.717) is 16.2 Å². The van der Waals surface area contributed by atoms with Gasteiger partial charge in [0.15, 0.2) is 0 Å². The molecule has 0 saturated heterocycles. The van der Waals surface area contributed by atoms with Gasteiger partial charge in [0, 0.05) is 10.5 Å². The summed E-state index contributed by atoms with van der Waals surface area (Å²) in [6.45, 7) is 0.125. The fourth-order valence-electron chi connectivity index (χ4n) is 1.39. The molecule has 6 heteroatoms. The van der Waals surface area contributed by atoms with Crippen LogP contribution in [0.2, 0.25) is 5.02 Å². The first-order valence-electron chi connectivity index (χ1n) is 5.24. The van der Waals surface area contributed by atoms with E-state index in [-0.39, 0.29) is 17.5 Å². The molecule has 0 unspecified atom stereocenters. The molecule has 1 amide bonds. The molecule has 2 rings (SSSR count). The highest BCUT2D eigenvalue weighted by atomic mass is 79.9. The highest BCUT2D eigenvalue weighted by Gasteiger charge is 2.23. The van der Waals surface area contributed by atoms with E-state index >= 15 is 0 Å². The molecule has 92 valence electrons. The van der Waals surface area contributed by atoms with Crippen molar-refractivity contribution < 1.29 is 9.18 Å². The first-order chi connectivity index (χ1) is 8.06. The molecule has 1 aliphatic rings. The maximum atomic E-state index is 13.0. The topological polar surface area (TPSA) is 41.1 Å². The molecule has 1 aromatic rings. The monoisotopic (exact) mass is 320 g/mol. The van der Waals surface area contributed by atoms with Crippen LogP contribution in [-0.2, 0) is 4.79 Å². The molecule has 17 heavy (non-hydrogen) atoms. The third-order valence-corrected chi connectivity index (χ3v) is 3.30. The van der Waals surface area contributed by atoms with E-state index < -0.39 is 5.82 Å². The van der Waals surface area contributed by atoms with E-state index in [4.69, 9.17) is 11.6 Å². The van der Waals surface area contributed by atoms with Crippen molar-refractivity contribution in [1.29, 1.82) is 0 Å². The summed E-state index contributed by atoms with van der Waals surface area (Å²) in [4.78, 5) is 11.5. The SMILES string of the molecule is O=C(CNc1c(Cl)cc(F)cc1Br)NC1CC1. The molecule has 3 nitrogen and oxygen atoms in total. The van der Waals surface area contributed by atoms with Gasteiger partial charge in [0.25, 0.3) is 0 Å². The normalized spacial score (nSPS) is 14.5. The van der Waals surface area contributed by atoms with Crippen LogP contribution in [0.5, 0.6) is 0 Å². The zero-order valence-electron chi connectivity index (χ0n) is 8.90. The maximum Gasteiger partial charge on any atom is 0.239 e. The number of carbonyl (C=O) groups is 1. The second-order valence-electron chi connectivity index (χ2n) is 3.94. The van der Waals surface area contributed by atoms with E-state index in [1.54, 1.807) is 0 Å². The zero-order valence-corrected chi connectivity index (χ0v) is 11.2. The summed E-state index contributed by atoms with van der Waals surface area (Å²) in [5.41, 5.74) is 0.527. The lowest BCUT2D eigenvalue weighted by Gasteiger charge is -2.10. The fraction of sp³-hybridized carbons (Fsp3) is 0.364. The fourth-order valence-corrected chi connectivity index (χ4v) is 2.35.